The van der Waals surface area contributed by atoms with Crippen LogP contribution in [0, 0.1) is 5.92 Å². The van der Waals surface area contributed by atoms with Crippen LogP contribution in [-0.2, 0) is 14.3 Å². The summed E-state index contributed by atoms with van der Waals surface area (Å²) in [5.74, 6) is -0.161. The normalized spacial score (nSPS) is 19.6. The molecule has 2 N–H and O–H groups in total. The Hall–Kier alpha value is -0.650. The van der Waals surface area contributed by atoms with Crippen LogP contribution in [0.4, 0.5) is 0 Å². The summed E-state index contributed by atoms with van der Waals surface area (Å²) in [7, 11) is 0. The van der Waals surface area contributed by atoms with Crippen LogP contribution < -0.4 is 5.32 Å². The molecule has 1 aliphatic rings. The van der Waals surface area contributed by atoms with Crippen molar-refractivity contribution >= 4 is 5.97 Å². The molecule has 1 aliphatic heterocycles. The van der Waals surface area contributed by atoms with E-state index < -0.39 is 11.5 Å². The van der Waals surface area contributed by atoms with Gasteiger partial charge in [-0.25, -0.2) is 0 Å². The molecule has 0 aliphatic carbocycles. The van der Waals surface area contributed by atoms with E-state index in [1.807, 2.05) is 20.8 Å². The summed E-state index contributed by atoms with van der Waals surface area (Å²) >= 11 is 0. The highest BCUT2D eigenvalue weighted by molar-refractivity contribution is 5.78. The standard InChI is InChI=1S/C16H31NO4/c1-4-16(15(18)19,17-13(2)3)8-5-9-21-12-14-6-10-20-11-7-14/h13-14,17H,4-12H2,1-3H3,(H,18,19). The van der Waals surface area contributed by atoms with Gasteiger partial charge in [-0.2, -0.15) is 0 Å². The molecule has 0 bridgehead atoms. The average molecular weight is 301 g/mol. The van der Waals surface area contributed by atoms with Gasteiger partial charge >= 0.3 is 5.97 Å². The Morgan fingerprint density at radius 3 is 2.62 bits per heavy atom. The minimum Gasteiger partial charge on any atom is -0.480 e. The lowest BCUT2D eigenvalue weighted by atomic mass is 9.89. The molecule has 5 nitrogen and oxygen atoms in total. The molecule has 0 aromatic heterocycles. The van der Waals surface area contributed by atoms with Crippen molar-refractivity contribution in [3.05, 3.63) is 0 Å². The zero-order valence-electron chi connectivity index (χ0n) is 13.7. The van der Waals surface area contributed by atoms with Gasteiger partial charge in [-0.15, -0.1) is 0 Å². The second-order valence-corrected chi connectivity index (χ2v) is 6.27. The van der Waals surface area contributed by atoms with E-state index >= 15 is 0 Å². The van der Waals surface area contributed by atoms with Crippen LogP contribution in [0.2, 0.25) is 0 Å². The zero-order valence-corrected chi connectivity index (χ0v) is 13.7. The fraction of sp³-hybridized carbons (Fsp3) is 0.938. The van der Waals surface area contributed by atoms with Crippen molar-refractivity contribution in [1.29, 1.82) is 0 Å². The van der Waals surface area contributed by atoms with Gasteiger partial charge in [0.05, 0.1) is 0 Å². The molecule has 1 atom stereocenters. The molecule has 1 heterocycles. The lowest BCUT2D eigenvalue weighted by molar-refractivity contribution is -0.146. The summed E-state index contributed by atoms with van der Waals surface area (Å²) < 4.78 is 11.0. The number of aliphatic carboxylic acids is 1. The zero-order chi connectivity index (χ0) is 15.7. The third-order valence-electron chi connectivity index (χ3n) is 4.16. The molecule has 0 spiro atoms. The fourth-order valence-corrected chi connectivity index (χ4v) is 2.86. The number of hydrogen-bond acceptors (Lipinski definition) is 4. The average Bonchev–Trinajstić information content (AvgIpc) is 2.46. The van der Waals surface area contributed by atoms with Crippen LogP contribution in [0.5, 0.6) is 0 Å². The molecular formula is C16H31NO4. The van der Waals surface area contributed by atoms with Crippen LogP contribution in [-0.4, -0.2) is 49.1 Å². The van der Waals surface area contributed by atoms with Crippen molar-refractivity contribution < 1.29 is 19.4 Å². The van der Waals surface area contributed by atoms with Gasteiger partial charge in [-0.05, 0) is 51.9 Å². The second kappa shape index (κ2) is 9.38. The Bertz CT molecular complexity index is 303. The minimum atomic E-state index is -0.823. The summed E-state index contributed by atoms with van der Waals surface area (Å²) in [4.78, 5) is 11.6. The molecule has 5 heteroatoms. The van der Waals surface area contributed by atoms with E-state index in [-0.39, 0.29) is 6.04 Å². The molecule has 0 radical (unpaired) electrons. The van der Waals surface area contributed by atoms with Crippen molar-refractivity contribution in [3.63, 3.8) is 0 Å². The third kappa shape index (κ3) is 6.32. The fourth-order valence-electron chi connectivity index (χ4n) is 2.86. The minimum absolute atomic E-state index is 0.157. The van der Waals surface area contributed by atoms with E-state index in [0.717, 1.165) is 39.1 Å². The maximum absolute atomic E-state index is 11.6. The number of carboxylic acids is 1. The third-order valence-corrected chi connectivity index (χ3v) is 4.16. The summed E-state index contributed by atoms with van der Waals surface area (Å²) in [6.07, 6.45) is 4.10. The van der Waals surface area contributed by atoms with Crippen molar-refractivity contribution in [2.75, 3.05) is 26.4 Å². The Morgan fingerprint density at radius 2 is 2.10 bits per heavy atom. The smallest absolute Gasteiger partial charge is 0.323 e. The monoisotopic (exact) mass is 301 g/mol. The molecule has 124 valence electrons. The molecule has 1 unspecified atom stereocenters. The molecule has 0 aromatic rings. The predicted molar refractivity (Wildman–Crippen MR) is 82.5 cm³/mol. The topological polar surface area (TPSA) is 67.8 Å². The first-order valence-electron chi connectivity index (χ1n) is 8.16. The molecule has 0 amide bonds. The highest BCUT2D eigenvalue weighted by atomic mass is 16.5. The molecule has 0 aromatic carbocycles. The SMILES string of the molecule is CCC(CCCOCC1CCOCC1)(NC(C)C)C(=O)O. The summed E-state index contributed by atoms with van der Waals surface area (Å²) in [6.45, 7) is 8.96. The van der Waals surface area contributed by atoms with E-state index in [2.05, 4.69) is 5.32 Å². The quantitative estimate of drug-likeness (QED) is 0.607. The number of rotatable bonds is 10. The number of carboxylic acid groups (broad SMARTS) is 1. The second-order valence-electron chi connectivity index (χ2n) is 6.27. The van der Waals surface area contributed by atoms with Crippen molar-refractivity contribution in [3.8, 4) is 0 Å². The molecular weight excluding hydrogens is 270 g/mol. The molecule has 1 fully saturated rings. The van der Waals surface area contributed by atoms with E-state index in [1.54, 1.807) is 0 Å². The van der Waals surface area contributed by atoms with E-state index in [1.165, 1.54) is 0 Å². The van der Waals surface area contributed by atoms with Crippen molar-refractivity contribution in [2.45, 2.75) is 64.5 Å². The van der Waals surface area contributed by atoms with Gasteiger partial charge in [0.25, 0.3) is 0 Å². The Morgan fingerprint density at radius 1 is 1.43 bits per heavy atom. The molecule has 1 saturated heterocycles. The van der Waals surface area contributed by atoms with Crippen LogP contribution in [0.25, 0.3) is 0 Å². The highest BCUT2D eigenvalue weighted by Gasteiger charge is 2.36. The van der Waals surface area contributed by atoms with Crippen LogP contribution >= 0.6 is 0 Å². The summed E-state index contributed by atoms with van der Waals surface area (Å²) in [5, 5.41) is 12.7. The predicted octanol–water partition coefficient (Wildman–Crippen LogP) is 2.44. The summed E-state index contributed by atoms with van der Waals surface area (Å²) in [5.41, 5.74) is -0.823. The van der Waals surface area contributed by atoms with E-state index in [0.29, 0.717) is 25.4 Å². The number of carbonyl (C=O) groups is 1. The first kappa shape index (κ1) is 18.4. The molecule has 21 heavy (non-hydrogen) atoms. The van der Waals surface area contributed by atoms with Gasteiger partial charge in [-0.3, -0.25) is 10.1 Å². The van der Waals surface area contributed by atoms with Gasteiger partial charge in [0.2, 0.25) is 0 Å². The number of nitrogens with one attached hydrogen (secondary N) is 1. The van der Waals surface area contributed by atoms with Gasteiger partial charge in [0, 0.05) is 32.5 Å². The van der Waals surface area contributed by atoms with E-state index in [9.17, 15) is 9.90 Å². The van der Waals surface area contributed by atoms with Gasteiger partial charge in [-0.1, -0.05) is 6.92 Å². The first-order chi connectivity index (χ1) is 10.00. The lowest BCUT2D eigenvalue weighted by Crippen LogP contribution is -2.54. The van der Waals surface area contributed by atoms with Gasteiger partial charge in [0.15, 0.2) is 0 Å². The Labute approximate surface area is 128 Å². The van der Waals surface area contributed by atoms with Gasteiger partial charge in [0.1, 0.15) is 5.54 Å². The molecule has 1 rings (SSSR count). The maximum Gasteiger partial charge on any atom is 0.323 e. The first-order valence-corrected chi connectivity index (χ1v) is 8.16. The Balaban J connectivity index is 2.27. The Kier molecular flexibility index (Phi) is 8.22. The maximum atomic E-state index is 11.6. The van der Waals surface area contributed by atoms with E-state index in [4.69, 9.17) is 9.47 Å². The van der Waals surface area contributed by atoms with Gasteiger partial charge < -0.3 is 14.6 Å². The number of hydrogen-bond donors (Lipinski definition) is 2. The lowest BCUT2D eigenvalue weighted by Gasteiger charge is -2.31. The van der Waals surface area contributed by atoms with Crippen LogP contribution in [0.3, 0.4) is 0 Å². The summed E-state index contributed by atoms with van der Waals surface area (Å²) in [6, 6.07) is 0.157. The largest absolute Gasteiger partial charge is 0.480 e. The van der Waals surface area contributed by atoms with Crippen LogP contribution in [0.15, 0.2) is 0 Å². The van der Waals surface area contributed by atoms with Crippen molar-refractivity contribution in [1.82, 2.24) is 5.32 Å². The van der Waals surface area contributed by atoms with Crippen molar-refractivity contribution in [2.24, 2.45) is 5.92 Å². The number of ether oxygens (including phenoxy) is 2. The highest BCUT2D eigenvalue weighted by Crippen LogP contribution is 2.20. The molecule has 0 saturated carbocycles. The van der Waals surface area contributed by atoms with Crippen LogP contribution in [0.1, 0.15) is 52.9 Å².